The van der Waals surface area contributed by atoms with Crippen LogP contribution in [0.25, 0.3) is 0 Å². The van der Waals surface area contributed by atoms with Gasteiger partial charge in [0.15, 0.2) is 0 Å². The number of anilines is 2. The van der Waals surface area contributed by atoms with Crippen LogP contribution in [0.1, 0.15) is 20.3 Å². The third-order valence-corrected chi connectivity index (χ3v) is 3.14. The van der Waals surface area contributed by atoms with Crippen molar-refractivity contribution in [3.63, 3.8) is 0 Å². The van der Waals surface area contributed by atoms with Gasteiger partial charge >= 0.3 is 5.97 Å². The van der Waals surface area contributed by atoms with E-state index in [9.17, 15) is 4.79 Å². The number of methoxy groups -OCH3 is 1. The standard InChI is InChI=1S/C13H20N4O2/c1-9(2)16-11-6-12(15-8-14-11)17-5-4-10(7-17)13(18)19-3/h6,8-10H,4-5,7H2,1-3H3,(H,14,15,16). The average molecular weight is 264 g/mol. The van der Waals surface area contributed by atoms with Crippen molar-refractivity contribution in [1.29, 1.82) is 0 Å². The first-order chi connectivity index (χ1) is 9.10. The zero-order chi connectivity index (χ0) is 13.8. The van der Waals surface area contributed by atoms with E-state index in [1.807, 2.05) is 6.07 Å². The molecule has 6 nitrogen and oxygen atoms in total. The van der Waals surface area contributed by atoms with Gasteiger partial charge in [-0.1, -0.05) is 0 Å². The van der Waals surface area contributed by atoms with E-state index < -0.39 is 0 Å². The van der Waals surface area contributed by atoms with Gasteiger partial charge < -0.3 is 15.0 Å². The Labute approximate surface area is 113 Å². The van der Waals surface area contributed by atoms with Gasteiger partial charge in [-0.3, -0.25) is 4.79 Å². The summed E-state index contributed by atoms with van der Waals surface area (Å²) in [7, 11) is 1.43. The van der Waals surface area contributed by atoms with Crippen molar-refractivity contribution >= 4 is 17.6 Å². The van der Waals surface area contributed by atoms with Gasteiger partial charge in [0.05, 0.1) is 13.0 Å². The number of aromatic nitrogens is 2. The topological polar surface area (TPSA) is 67.3 Å². The highest BCUT2D eigenvalue weighted by Crippen LogP contribution is 2.24. The Morgan fingerprint density at radius 2 is 2.32 bits per heavy atom. The molecule has 104 valence electrons. The zero-order valence-corrected chi connectivity index (χ0v) is 11.6. The quantitative estimate of drug-likeness (QED) is 0.827. The molecule has 1 N–H and O–H groups in total. The van der Waals surface area contributed by atoms with Crippen LogP contribution in [0.4, 0.5) is 11.6 Å². The third kappa shape index (κ3) is 3.33. The lowest BCUT2D eigenvalue weighted by Gasteiger charge is -2.18. The maximum absolute atomic E-state index is 11.5. The highest BCUT2D eigenvalue weighted by atomic mass is 16.5. The summed E-state index contributed by atoms with van der Waals surface area (Å²) in [5.41, 5.74) is 0. The highest BCUT2D eigenvalue weighted by molar-refractivity contribution is 5.74. The van der Waals surface area contributed by atoms with Crippen molar-refractivity contribution in [1.82, 2.24) is 9.97 Å². The minimum absolute atomic E-state index is 0.0542. The number of nitrogens with zero attached hydrogens (tertiary/aromatic N) is 3. The Hall–Kier alpha value is -1.85. The largest absolute Gasteiger partial charge is 0.469 e. The normalized spacial score (nSPS) is 18.7. The van der Waals surface area contributed by atoms with Crippen LogP contribution in [0.5, 0.6) is 0 Å². The average Bonchev–Trinajstić information content (AvgIpc) is 2.87. The third-order valence-electron chi connectivity index (χ3n) is 3.14. The van der Waals surface area contributed by atoms with E-state index in [0.29, 0.717) is 12.6 Å². The van der Waals surface area contributed by atoms with Gasteiger partial charge in [-0.2, -0.15) is 0 Å². The lowest BCUT2D eigenvalue weighted by Crippen LogP contribution is -2.24. The van der Waals surface area contributed by atoms with Crippen LogP contribution in [0.3, 0.4) is 0 Å². The second kappa shape index (κ2) is 5.86. The van der Waals surface area contributed by atoms with Gasteiger partial charge in [-0.25, -0.2) is 9.97 Å². The molecule has 1 atom stereocenters. The van der Waals surface area contributed by atoms with Crippen LogP contribution >= 0.6 is 0 Å². The summed E-state index contributed by atoms with van der Waals surface area (Å²) in [6.07, 6.45) is 2.36. The van der Waals surface area contributed by atoms with Gasteiger partial charge in [-0.15, -0.1) is 0 Å². The van der Waals surface area contributed by atoms with E-state index in [1.54, 1.807) is 6.33 Å². The molecule has 2 heterocycles. The molecule has 0 saturated carbocycles. The first kappa shape index (κ1) is 13.6. The minimum Gasteiger partial charge on any atom is -0.469 e. The Bertz CT molecular complexity index is 450. The van der Waals surface area contributed by atoms with Gasteiger partial charge in [0.25, 0.3) is 0 Å². The second-order valence-electron chi connectivity index (χ2n) is 5.02. The molecule has 0 bridgehead atoms. The van der Waals surface area contributed by atoms with Crippen LogP contribution in [0.2, 0.25) is 0 Å². The molecule has 1 unspecified atom stereocenters. The van der Waals surface area contributed by atoms with Crippen molar-refractivity contribution in [2.24, 2.45) is 5.92 Å². The number of esters is 1. The first-order valence-corrected chi connectivity index (χ1v) is 6.51. The van der Waals surface area contributed by atoms with Crippen molar-refractivity contribution in [3.8, 4) is 0 Å². The van der Waals surface area contributed by atoms with Crippen molar-refractivity contribution in [2.45, 2.75) is 26.3 Å². The molecule has 2 rings (SSSR count). The van der Waals surface area contributed by atoms with Gasteiger partial charge in [0.2, 0.25) is 0 Å². The molecule has 1 aliphatic rings. The number of rotatable bonds is 4. The lowest BCUT2D eigenvalue weighted by atomic mass is 10.1. The number of hydrogen-bond donors (Lipinski definition) is 1. The molecule has 19 heavy (non-hydrogen) atoms. The number of nitrogens with one attached hydrogen (secondary N) is 1. The summed E-state index contributed by atoms with van der Waals surface area (Å²) in [5, 5.41) is 3.24. The van der Waals surface area contributed by atoms with E-state index in [4.69, 9.17) is 4.74 Å². The molecule has 1 aromatic heterocycles. The molecule has 0 amide bonds. The highest BCUT2D eigenvalue weighted by Gasteiger charge is 2.29. The van der Waals surface area contributed by atoms with Gasteiger partial charge in [0.1, 0.15) is 18.0 Å². The van der Waals surface area contributed by atoms with Gasteiger partial charge in [-0.05, 0) is 20.3 Å². The van der Waals surface area contributed by atoms with Crippen molar-refractivity contribution in [3.05, 3.63) is 12.4 Å². The van der Waals surface area contributed by atoms with E-state index in [1.165, 1.54) is 7.11 Å². The molecular formula is C13H20N4O2. The van der Waals surface area contributed by atoms with Crippen LogP contribution in [0, 0.1) is 5.92 Å². The molecule has 1 fully saturated rings. The zero-order valence-electron chi connectivity index (χ0n) is 11.6. The molecule has 0 spiro atoms. The van der Waals surface area contributed by atoms with Crippen molar-refractivity contribution < 1.29 is 9.53 Å². The smallest absolute Gasteiger partial charge is 0.310 e. The van der Waals surface area contributed by atoms with E-state index in [-0.39, 0.29) is 11.9 Å². The molecular weight excluding hydrogens is 244 g/mol. The fourth-order valence-electron chi connectivity index (χ4n) is 2.22. The summed E-state index contributed by atoms with van der Waals surface area (Å²) in [6, 6.07) is 2.24. The summed E-state index contributed by atoms with van der Waals surface area (Å²) < 4.78 is 4.78. The van der Waals surface area contributed by atoms with Crippen LogP contribution < -0.4 is 10.2 Å². The number of carbonyl (C=O) groups excluding carboxylic acids is 1. The van der Waals surface area contributed by atoms with Crippen LogP contribution in [0.15, 0.2) is 12.4 Å². The summed E-state index contributed by atoms with van der Waals surface area (Å²) in [5.74, 6) is 1.46. The Morgan fingerprint density at radius 1 is 1.53 bits per heavy atom. The lowest BCUT2D eigenvalue weighted by molar-refractivity contribution is -0.144. The molecule has 0 aromatic carbocycles. The van der Waals surface area contributed by atoms with Crippen LogP contribution in [-0.2, 0) is 9.53 Å². The number of hydrogen-bond acceptors (Lipinski definition) is 6. The predicted octanol–water partition coefficient (Wildman–Crippen LogP) is 1.30. The SMILES string of the molecule is COC(=O)C1CCN(c2cc(NC(C)C)ncn2)C1. The Morgan fingerprint density at radius 3 is 3.00 bits per heavy atom. The van der Waals surface area contributed by atoms with Crippen molar-refractivity contribution in [2.75, 3.05) is 30.4 Å². The summed E-state index contributed by atoms with van der Waals surface area (Å²) in [6.45, 7) is 5.60. The van der Waals surface area contributed by atoms with E-state index in [0.717, 1.165) is 24.6 Å². The molecule has 1 aliphatic heterocycles. The fourth-order valence-corrected chi connectivity index (χ4v) is 2.22. The molecule has 1 aromatic rings. The molecule has 0 aliphatic carbocycles. The summed E-state index contributed by atoms with van der Waals surface area (Å²) in [4.78, 5) is 22.1. The van der Waals surface area contributed by atoms with E-state index >= 15 is 0 Å². The van der Waals surface area contributed by atoms with Crippen LogP contribution in [-0.4, -0.2) is 42.2 Å². The Kier molecular flexibility index (Phi) is 4.19. The molecule has 0 radical (unpaired) electrons. The van der Waals surface area contributed by atoms with E-state index in [2.05, 4.69) is 34.0 Å². The number of carbonyl (C=O) groups is 1. The number of ether oxygens (including phenoxy) is 1. The maximum atomic E-state index is 11.5. The predicted molar refractivity (Wildman–Crippen MR) is 73.1 cm³/mol. The Balaban J connectivity index is 2.05. The second-order valence-corrected chi connectivity index (χ2v) is 5.02. The first-order valence-electron chi connectivity index (χ1n) is 6.51. The summed E-state index contributed by atoms with van der Waals surface area (Å²) >= 11 is 0. The molecule has 6 heteroatoms. The monoisotopic (exact) mass is 264 g/mol. The fraction of sp³-hybridized carbons (Fsp3) is 0.615. The maximum Gasteiger partial charge on any atom is 0.310 e. The van der Waals surface area contributed by atoms with Gasteiger partial charge in [0, 0.05) is 25.2 Å². The molecule has 1 saturated heterocycles. The minimum atomic E-state index is -0.142.